The first-order chi connectivity index (χ1) is 12.8. The molecular weight excluding hydrogens is 366 g/mol. The molecule has 1 aromatic rings. The quantitative estimate of drug-likeness (QED) is 0.769. The van der Waals surface area contributed by atoms with Gasteiger partial charge in [0.2, 0.25) is 0 Å². The molecule has 2 saturated heterocycles. The summed E-state index contributed by atoms with van der Waals surface area (Å²) in [6.07, 6.45) is 6.50. The van der Waals surface area contributed by atoms with Gasteiger partial charge in [0, 0.05) is 52.4 Å². The van der Waals surface area contributed by atoms with Crippen molar-refractivity contribution < 1.29 is 13.2 Å². The van der Waals surface area contributed by atoms with Crippen molar-refractivity contribution in [2.75, 3.05) is 40.3 Å². The predicted octanol–water partition coefficient (Wildman–Crippen LogP) is 1.40. The van der Waals surface area contributed by atoms with Crippen molar-refractivity contribution in [1.82, 2.24) is 23.5 Å². The topological polar surface area (TPSA) is 86.7 Å². The Kier molecular flexibility index (Phi) is 6.12. The van der Waals surface area contributed by atoms with E-state index >= 15 is 0 Å². The number of nitrogens with zero attached hydrogens (tertiary/aromatic N) is 5. The fourth-order valence-corrected chi connectivity index (χ4v) is 4.94. The fourth-order valence-electron chi connectivity index (χ4n) is 3.75. The summed E-state index contributed by atoms with van der Waals surface area (Å²) in [7, 11) is -0.352. The largest absolute Gasteiger partial charge is 0.339 e. The van der Waals surface area contributed by atoms with Crippen LogP contribution in [0.25, 0.3) is 0 Å². The van der Waals surface area contributed by atoms with E-state index in [1.54, 1.807) is 20.3 Å². The molecule has 0 aromatic carbocycles. The molecule has 1 aromatic heterocycles. The summed E-state index contributed by atoms with van der Waals surface area (Å²) in [4.78, 5) is 23.6. The van der Waals surface area contributed by atoms with Crippen LogP contribution in [0.1, 0.15) is 59.9 Å². The Bertz CT molecular complexity index is 790. The molecule has 0 radical (unpaired) electrons. The molecule has 3 heterocycles. The molecule has 3 rings (SSSR count). The van der Waals surface area contributed by atoms with E-state index in [2.05, 4.69) is 9.97 Å². The summed E-state index contributed by atoms with van der Waals surface area (Å²) in [6, 6.07) is 0. The number of likely N-dealkylation sites (tertiary alicyclic amines) is 1. The molecule has 150 valence electrons. The molecule has 8 nitrogen and oxygen atoms in total. The van der Waals surface area contributed by atoms with Crippen LogP contribution in [-0.4, -0.2) is 78.1 Å². The van der Waals surface area contributed by atoms with Crippen LogP contribution in [-0.2, 0) is 10.2 Å². The molecule has 0 N–H and O–H groups in total. The van der Waals surface area contributed by atoms with E-state index in [0.29, 0.717) is 30.2 Å². The fraction of sp³-hybridized carbons (Fsp3) is 0.722. The molecular formula is C18H29N5O3S. The van der Waals surface area contributed by atoms with Gasteiger partial charge in [0.25, 0.3) is 16.1 Å². The molecule has 1 amide bonds. The second-order valence-electron chi connectivity index (χ2n) is 7.57. The second kappa shape index (κ2) is 8.20. The minimum atomic E-state index is -3.44. The summed E-state index contributed by atoms with van der Waals surface area (Å²) in [5.74, 6) is 0.576. The number of aromatic nitrogens is 2. The van der Waals surface area contributed by atoms with E-state index in [-0.39, 0.29) is 11.8 Å². The highest BCUT2D eigenvalue weighted by atomic mass is 32.2. The Morgan fingerprint density at radius 1 is 1.15 bits per heavy atom. The normalized spacial score (nSPS) is 22.2. The molecule has 0 bridgehead atoms. The van der Waals surface area contributed by atoms with Crippen molar-refractivity contribution in [1.29, 1.82) is 0 Å². The summed E-state index contributed by atoms with van der Waals surface area (Å²) in [5.41, 5.74) is 1.22. The monoisotopic (exact) mass is 395 g/mol. The van der Waals surface area contributed by atoms with Gasteiger partial charge in [-0.2, -0.15) is 17.0 Å². The van der Waals surface area contributed by atoms with Gasteiger partial charge >= 0.3 is 0 Å². The van der Waals surface area contributed by atoms with Crippen molar-refractivity contribution in [3.8, 4) is 0 Å². The summed E-state index contributed by atoms with van der Waals surface area (Å²) < 4.78 is 27.5. The number of aryl methyl sites for hydroxylation is 1. The van der Waals surface area contributed by atoms with Crippen LogP contribution in [0.4, 0.5) is 0 Å². The highest BCUT2D eigenvalue weighted by Gasteiger charge is 2.32. The van der Waals surface area contributed by atoms with Gasteiger partial charge in [0.15, 0.2) is 0 Å². The van der Waals surface area contributed by atoms with Gasteiger partial charge in [-0.3, -0.25) is 4.79 Å². The summed E-state index contributed by atoms with van der Waals surface area (Å²) in [5, 5.41) is 0. The van der Waals surface area contributed by atoms with Crippen LogP contribution in [0.5, 0.6) is 0 Å². The number of amides is 1. The standard InChI is InChI=1S/C18H29N5O3S/c1-14-16(18(24)22-9-5-4-6-10-22)12-19-17(20-14)15-8-7-11-23(13-15)27(25,26)21(2)3/h12,15H,4-11,13H2,1-3H3/t15-/m1/s1. The van der Waals surface area contributed by atoms with Crippen molar-refractivity contribution in [2.24, 2.45) is 0 Å². The number of carbonyl (C=O) groups excluding carboxylic acids is 1. The minimum absolute atomic E-state index is 0.000735. The van der Waals surface area contributed by atoms with Crippen molar-refractivity contribution in [3.05, 3.63) is 23.3 Å². The second-order valence-corrected chi connectivity index (χ2v) is 9.71. The van der Waals surface area contributed by atoms with E-state index in [1.165, 1.54) is 15.0 Å². The van der Waals surface area contributed by atoms with Gasteiger partial charge in [-0.1, -0.05) is 0 Å². The third kappa shape index (κ3) is 4.30. The molecule has 0 spiro atoms. The van der Waals surface area contributed by atoms with Crippen LogP contribution in [0.15, 0.2) is 6.20 Å². The first kappa shape index (κ1) is 20.2. The average Bonchev–Trinajstić information content (AvgIpc) is 2.68. The number of hydrogen-bond acceptors (Lipinski definition) is 5. The molecule has 0 unspecified atom stereocenters. The van der Waals surface area contributed by atoms with Crippen molar-refractivity contribution >= 4 is 16.1 Å². The molecule has 1 atom stereocenters. The SMILES string of the molecule is Cc1nc([C@@H]2CCCN(S(=O)(=O)N(C)C)C2)ncc1C(=O)N1CCCCC1. The maximum absolute atomic E-state index is 12.7. The molecule has 27 heavy (non-hydrogen) atoms. The maximum Gasteiger partial charge on any atom is 0.281 e. The highest BCUT2D eigenvalue weighted by molar-refractivity contribution is 7.86. The zero-order valence-corrected chi connectivity index (χ0v) is 17.2. The lowest BCUT2D eigenvalue weighted by Crippen LogP contribution is -2.45. The lowest BCUT2D eigenvalue weighted by atomic mass is 9.98. The van der Waals surface area contributed by atoms with Crippen LogP contribution < -0.4 is 0 Å². The van der Waals surface area contributed by atoms with Gasteiger partial charge in [-0.15, -0.1) is 0 Å². The predicted molar refractivity (Wildman–Crippen MR) is 103 cm³/mol. The van der Waals surface area contributed by atoms with E-state index in [9.17, 15) is 13.2 Å². The molecule has 0 aliphatic carbocycles. The summed E-state index contributed by atoms with van der Waals surface area (Å²) in [6.45, 7) is 4.31. The Labute approximate surface area is 161 Å². The average molecular weight is 396 g/mol. The molecule has 9 heteroatoms. The molecule has 0 saturated carbocycles. The number of piperidine rings is 2. The van der Waals surface area contributed by atoms with E-state index < -0.39 is 10.2 Å². The van der Waals surface area contributed by atoms with Crippen LogP contribution in [0, 0.1) is 6.92 Å². The van der Waals surface area contributed by atoms with Crippen LogP contribution in [0.2, 0.25) is 0 Å². The summed E-state index contributed by atoms with van der Waals surface area (Å²) >= 11 is 0. The van der Waals surface area contributed by atoms with Gasteiger partial charge in [0.05, 0.1) is 11.3 Å². The smallest absolute Gasteiger partial charge is 0.281 e. The third-order valence-electron chi connectivity index (χ3n) is 5.41. The lowest BCUT2D eigenvalue weighted by Gasteiger charge is -2.33. The van der Waals surface area contributed by atoms with Gasteiger partial charge in [0.1, 0.15) is 5.82 Å². The highest BCUT2D eigenvalue weighted by Crippen LogP contribution is 2.27. The van der Waals surface area contributed by atoms with Crippen LogP contribution in [0.3, 0.4) is 0 Å². The van der Waals surface area contributed by atoms with E-state index in [0.717, 1.165) is 38.8 Å². The zero-order chi connectivity index (χ0) is 19.6. The van der Waals surface area contributed by atoms with E-state index in [1.807, 2.05) is 11.8 Å². The Morgan fingerprint density at radius 2 is 1.85 bits per heavy atom. The third-order valence-corrected chi connectivity index (χ3v) is 7.32. The first-order valence-electron chi connectivity index (χ1n) is 9.61. The van der Waals surface area contributed by atoms with Crippen molar-refractivity contribution in [3.63, 3.8) is 0 Å². The Morgan fingerprint density at radius 3 is 2.48 bits per heavy atom. The zero-order valence-electron chi connectivity index (χ0n) is 16.4. The first-order valence-corrected chi connectivity index (χ1v) is 11.0. The molecule has 2 aliphatic heterocycles. The number of carbonyl (C=O) groups is 1. The molecule has 2 aliphatic rings. The van der Waals surface area contributed by atoms with Crippen molar-refractivity contribution in [2.45, 2.75) is 44.9 Å². The van der Waals surface area contributed by atoms with Gasteiger partial charge in [-0.05, 0) is 39.0 Å². The Hall–Kier alpha value is -1.58. The van der Waals surface area contributed by atoms with E-state index in [4.69, 9.17) is 0 Å². The Balaban J connectivity index is 1.76. The van der Waals surface area contributed by atoms with Crippen LogP contribution >= 0.6 is 0 Å². The lowest BCUT2D eigenvalue weighted by molar-refractivity contribution is 0.0722. The number of hydrogen-bond donors (Lipinski definition) is 0. The maximum atomic E-state index is 12.7. The molecule has 2 fully saturated rings. The van der Waals surface area contributed by atoms with Gasteiger partial charge in [-0.25, -0.2) is 9.97 Å². The number of rotatable bonds is 4. The van der Waals surface area contributed by atoms with Gasteiger partial charge < -0.3 is 4.90 Å². The minimum Gasteiger partial charge on any atom is -0.339 e.